The molecule has 7 nitrogen and oxygen atoms in total. The summed E-state index contributed by atoms with van der Waals surface area (Å²) in [6.45, 7) is 0. The summed E-state index contributed by atoms with van der Waals surface area (Å²) in [6, 6.07) is 12.1. The number of anilines is 3. The third kappa shape index (κ3) is 4.99. The lowest BCUT2D eigenvalue weighted by atomic mass is 10.1. The third-order valence-corrected chi connectivity index (χ3v) is 5.99. The molecule has 0 radical (unpaired) electrons. The Balaban J connectivity index is 2.22. The maximum atomic E-state index is 12.4. The molecule has 0 aromatic heterocycles. The number of para-hydroxylation sites is 1. The molecule has 27 heavy (non-hydrogen) atoms. The lowest BCUT2D eigenvalue weighted by Crippen LogP contribution is -2.23. The van der Waals surface area contributed by atoms with Gasteiger partial charge in [-0.25, -0.2) is 12.7 Å². The Kier molecular flexibility index (Phi) is 6.45. The zero-order valence-corrected chi connectivity index (χ0v) is 16.9. The largest absolute Gasteiger partial charge is 0.399 e. The topological polar surface area (TPSA) is 95.7 Å². The lowest BCUT2D eigenvalue weighted by molar-refractivity contribution is -0.116. The summed E-state index contributed by atoms with van der Waals surface area (Å²) < 4.78 is 25.9. The predicted molar refractivity (Wildman–Crippen MR) is 109 cm³/mol. The van der Waals surface area contributed by atoms with Crippen LogP contribution in [0.15, 0.2) is 47.4 Å². The van der Waals surface area contributed by atoms with Crippen molar-refractivity contribution in [3.63, 3.8) is 0 Å². The summed E-state index contributed by atoms with van der Waals surface area (Å²) in [4.78, 5) is 14.4. The third-order valence-electron chi connectivity index (χ3n) is 4.18. The average Bonchev–Trinajstić information content (AvgIpc) is 2.60. The SMILES string of the molecule is CN(C)c1ccc(S(=O)(=O)N(C)C)cc1NC(=O)CCc1ccccc1N. The molecule has 0 aliphatic rings. The van der Waals surface area contributed by atoms with Crippen molar-refractivity contribution in [1.29, 1.82) is 0 Å². The van der Waals surface area contributed by atoms with Gasteiger partial charge in [0.25, 0.3) is 0 Å². The first-order valence-electron chi connectivity index (χ1n) is 8.50. The van der Waals surface area contributed by atoms with Gasteiger partial charge in [0, 0.05) is 40.3 Å². The molecule has 0 spiro atoms. The summed E-state index contributed by atoms with van der Waals surface area (Å²) in [5.74, 6) is -0.208. The van der Waals surface area contributed by atoms with E-state index in [0.717, 1.165) is 15.6 Å². The molecule has 2 rings (SSSR count). The van der Waals surface area contributed by atoms with E-state index >= 15 is 0 Å². The molecule has 2 aromatic carbocycles. The van der Waals surface area contributed by atoms with Crippen molar-refractivity contribution in [3.8, 4) is 0 Å². The Morgan fingerprint density at radius 1 is 1.07 bits per heavy atom. The van der Waals surface area contributed by atoms with Gasteiger partial charge in [-0.15, -0.1) is 0 Å². The van der Waals surface area contributed by atoms with Crippen LogP contribution >= 0.6 is 0 Å². The van der Waals surface area contributed by atoms with Gasteiger partial charge < -0.3 is 16.0 Å². The van der Waals surface area contributed by atoms with Gasteiger partial charge in [0.1, 0.15) is 0 Å². The second kappa shape index (κ2) is 8.41. The number of hydrogen-bond donors (Lipinski definition) is 2. The van der Waals surface area contributed by atoms with Crippen LogP contribution in [0.5, 0.6) is 0 Å². The smallest absolute Gasteiger partial charge is 0.242 e. The van der Waals surface area contributed by atoms with Crippen molar-refractivity contribution in [2.45, 2.75) is 17.7 Å². The zero-order chi connectivity index (χ0) is 20.2. The van der Waals surface area contributed by atoms with Crippen LogP contribution in [0.25, 0.3) is 0 Å². The van der Waals surface area contributed by atoms with Crippen LogP contribution in [-0.2, 0) is 21.2 Å². The van der Waals surface area contributed by atoms with Crippen LogP contribution in [0.4, 0.5) is 17.1 Å². The van der Waals surface area contributed by atoms with E-state index in [2.05, 4.69) is 5.32 Å². The fourth-order valence-electron chi connectivity index (χ4n) is 2.60. The molecule has 2 aromatic rings. The molecule has 0 atom stereocenters. The number of carbonyl (C=O) groups excluding carboxylic acids is 1. The number of rotatable bonds is 7. The molecule has 0 heterocycles. The standard InChI is InChI=1S/C19H26N4O3S/c1-22(2)18-11-10-15(27(25,26)23(3)4)13-17(18)21-19(24)12-9-14-7-5-6-8-16(14)20/h5-8,10-11,13H,9,12,20H2,1-4H3,(H,21,24). The van der Waals surface area contributed by atoms with Crippen LogP contribution in [0.2, 0.25) is 0 Å². The van der Waals surface area contributed by atoms with Gasteiger partial charge in [0.15, 0.2) is 0 Å². The van der Waals surface area contributed by atoms with E-state index < -0.39 is 10.0 Å². The van der Waals surface area contributed by atoms with Crippen molar-refractivity contribution >= 4 is 33.0 Å². The van der Waals surface area contributed by atoms with Gasteiger partial charge in [-0.3, -0.25) is 4.79 Å². The second-order valence-electron chi connectivity index (χ2n) is 6.61. The van der Waals surface area contributed by atoms with E-state index in [1.54, 1.807) is 12.1 Å². The quantitative estimate of drug-likeness (QED) is 0.707. The van der Waals surface area contributed by atoms with Crippen LogP contribution in [-0.4, -0.2) is 46.8 Å². The molecule has 0 aliphatic heterocycles. The molecule has 3 N–H and O–H groups in total. The van der Waals surface area contributed by atoms with Crippen molar-refractivity contribution in [2.24, 2.45) is 0 Å². The van der Waals surface area contributed by atoms with Crippen molar-refractivity contribution in [1.82, 2.24) is 4.31 Å². The minimum absolute atomic E-state index is 0.126. The monoisotopic (exact) mass is 390 g/mol. The molecule has 0 fully saturated rings. The number of benzene rings is 2. The highest BCUT2D eigenvalue weighted by Crippen LogP contribution is 2.29. The van der Waals surface area contributed by atoms with Gasteiger partial charge in [0.05, 0.1) is 16.3 Å². The normalized spacial score (nSPS) is 11.4. The second-order valence-corrected chi connectivity index (χ2v) is 8.76. The summed E-state index contributed by atoms with van der Waals surface area (Å²) in [6.07, 6.45) is 0.747. The highest BCUT2D eigenvalue weighted by molar-refractivity contribution is 7.89. The lowest BCUT2D eigenvalue weighted by Gasteiger charge is -2.20. The average molecular weight is 391 g/mol. The molecular weight excluding hydrogens is 364 g/mol. The molecule has 146 valence electrons. The Morgan fingerprint density at radius 3 is 2.33 bits per heavy atom. The van der Waals surface area contributed by atoms with Crippen LogP contribution in [0, 0.1) is 0 Å². The molecule has 0 aliphatic carbocycles. The molecule has 0 saturated carbocycles. The molecular formula is C19H26N4O3S. The van der Waals surface area contributed by atoms with E-state index in [0.29, 0.717) is 17.8 Å². The Hall–Kier alpha value is -2.58. The van der Waals surface area contributed by atoms with Gasteiger partial charge in [0.2, 0.25) is 15.9 Å². The number of carbonyl (C=O) groups is 1. The first-order chi connectivity index (χ1) is 12.6. The van der Waals surface area contributed by atoms with Crippen molar-refractivity contribution in [3.05, 3.63) is 48.0 Å². The predicted octanol–water partition coefficient (Wildman–Crippen LogP) is 2.16. The number of nitrogens with two attached hydrogens (primary N) is 1. The van der Waals surface area contributed by atoms with Gasteiger partial charge in [-0.1, -0.05) is 18.2 Å². The number of amides is 1. The van der Waals surface area contributed by atoms with Crippen molar-refractivity contribution < 1.29 is 13.2 Å². The number of nitrogens with zero attached hydrogens (tertiary/aromatic N) is 2. The first-order valence-corrected chi connectivity index (χ1v) is 9.94. The fourth-order valence-corrected chi connectivity index (χ4v) is 3.53. The minimum atomic E-state index is -3.59. The van der Waals surface area contributed by atoms with Crippen LogP contribution in [0.1, 0.15) is 12.0 Å². The first kappa shape index (κ1) is 20.7. The summed E-state index contributed by atoms with van der Waals surface area (Å²) in [5, 5.41) is 2.83. The van der Waals surface area contributed by atoms with E-state index in [-0.39, 0.29) is 17.2 Å². The minimum Gasteiger partial charge on any atom is -0.399 e. The number of nitrogen functional groups attached to an aromatic ring is 1. The molecule has 1 amide bonds. The maximum Gasteiger partial charge on any atom is 0.242 e. The van der Waals surface area contributed by atoms with E-state index in [1.165, 1.54) is 26.2 Å². The summed E-state index contributed by atoms with van der Waals surface area (Å²) in [5.41, 5.74) is 8.64. The van der Waals surface area contributed by atoms with Gasteiger partial charge in [-0.05, 0) is 36.2 Å². The number of hydrogen-bond acceptors (Lipinski definition) is 5. The fraction of sp³-hybridized carbons (Fsp3) is 0.316. The Labute approximate surface area is 160 Å². The molecule has 0 bridgehead atoms. The van der Waals surface area contributed by atoms with Crippen LogP contribution < -0.4 is 16.0 Å². The zero-order valence-electron chi connectivity index (χ0n) is 16.1. The van der Waals surface area contributed by atoms with E-state index in [9.17, 15) is 13.2 Å². The Bertz CT molecular complexity index is 924. The Morgan fingerprint density at radius 2 is 1.74 bits per heavy atom. The van der Waals surface area contributed by atoms with E-state index in [4.69, 9.17) is 5.73 Å². The van der Waals surface area contributed by atoms with E-state index in [1.807, 2.05) is 37.2 Å². The van der Waals surface area contributed by atoms with Crippen LogP contribution in [0.3, 0.4) is 0 Å². The highest BCUT2D eigenvalue weighted by Gasteiger charge is 2.20. The van der Waals surface area contributed by atoms with Crippen molar-refractivity contribution in [2.75, 3.05) is 44.1 Å². The number of aryl methyl sites for hydroxylation is 1. The van der Waals surface area contributed by atoms with Gasteiger partial charge in [-0.2, -0.15) is 0 Å². The molecule has 8 heteroatoms. The summed E-state index contributed by atoms with van der Waals surface area (Å²) >= 11 is 0. The van der Waals surface area contributed by atoms with Gasteiger partial charge >= 0.3 is 0 Å². The molecule has 0 unspecified atom stereocenters. The number of nitrogens with one attached hydrogen (secondary N) is 1. The number of sulfonamides is 1. The molecule has 0 saturated heterocycles. The maximum absolute atomic E-state index is 12.4. The summed E-state index contributed by atoms with van der Waals surface area (Å²) in [7, 11) is 3.01. The highest BCUT2D eigenvalue weighted by atomic mass is 32.2.